The van der Waals surface area contributed by atoms with Crippen molar-refractivity contribution in [1.29, 1.82) is 0 Å². The molecule has 5 rings (SSSR count). The molecule has 4 aliphatic rings. The Hall–Kier alpha value is -2.41. The van der Waals surface area contributed by atoms with Crippen molar-refractivity contribution in [2.45, 2.75) is 69.5 Å². The van der Waals surface area contributed by atoms with Crippen LogP contribution in [0.5, 0.6) is 5.75 Å². The van der Waals surface area contributed by atoms with Gasteiger partial charge in [-0.15, -0.1) is 6.58 Å². The Morgan fingerprint density at radius 3 is 2.73 bits per heavy atom. The average Bonchev–Trinajstić information content (AvgIpc) is 3.02. The van der Waals surface area contributed by atoms with Crippen LogP contribution < -0.4 is 10.2 Å². The second-order valence-corrected chi connectivity index (χ2v) is 11.1. The highest BCUT2D eigenvalue weighted by molar-refractivity contribution is 5.80. The van der Waals surface area contributed by atoms with E-state index in [4.69, 9.17) is 4.74 Å². The zero-order valence-corrected chi connectivity index (χ0v) is 22.5. The van der Waals surface area contributed by atoms with Gasteiger partial charge in [0.2, 0.25) is 5.91 Å². The lowest BCUT2D eigenvalue weighted by Gasteiger charge is -2.46. The van der Waals surface area contributed by atoms with E-state index in [1.165, 1.54) is 43.2 Å². The van der Waals surface area contributed by atoms with Gasteiger partial charge in [-0.25, -0.2) is 5.01 Å². The molecule has 6 heteroatoms. The summed E-state index contributed by atoms with van der Waals surface area (Å²) < 4.78 is 5.64. The number of hydrogen-bond acceptors (Lipinski definition) is 5. The third kappa shape index (κ3) is 6.19. The lowest BCUT2D eigenvalue weighted by molar-refractivity contribution is -0.128. The first-order valence-corrected chi connectivity index (χ1v) is 14.3. The highest BCUT2D eigenvalue weighted by atomic mass is 16.5. The number of hydrazine groups is 1. The Balaban J connectivity index is 1.40. The molecule has 37 heavy (non-hydrogen) atoms. The maximum Gasteiger partial charge on any atom is 0.241 e. The lowest BCUT2D eigenvalue weighted by atomic mass is 9.84. The third-order valence-electron chi connectivity index (χ3n) is 8.67. The van der Waals surface area contributed by atoms with Crippen molar-refractivity contribution in [3.8, 4) is 5.75 Å². The SMILES string of the molecule is C=CCN1CCC2CCCC(C1)N2C(C1=CCC(C(=O)NN2CCCCC2)C=C1)c1cccc(OC)c1. The summed E-state index contributed by atoms with van der Waals surface area (Å²) in [5.41, 5.74) is 5.76. The van der Waals surface area contributed by atoms with E-state index in [9.17, 15) is 4.79 Å². The second-order valence-electron chi connectivity index (χ2n) is 11.1. The number of piperidine rings is 2. The predicted molar refractivity (Wildman–Crippen MR) is 149 cm³/mol. The number of nitrogens with zero attached hydrogens (tertiary/aromatic N) is 3. The minimum atomic E-state index is -0.108. The molecule has 2 bridgehead atoms. The molecule has 3 fully saturated rings. The van der Waals surface area contributed by atoms with Crippen LogP contribution in [-0.4, -0.2) is 72.6 Å². The van der Waals surface area contributed by atoms with Gasteiger partial charge in [0, 0.05) is 44.8 Å². The number of ether oxygens (including phenoxy) is 1. The number of allylic oxidation sites excluding steroid dienone is 1. The third-order valence-corrected chi connectivity index (χ3v) is 8.67. The molecule has 0 aromatic heterocycles. The van der Waals surface area contributed by atoms with Gasteiger partial charge in [0.1, 0.15) is 5.75 Å². The molecule has 3 saturated heterocycles. The van der Waals surface area contributed by atoms with Gasteiger partial charge in [-0.2, -0.15) is 0 Å². The van der Waals surface area contributed by atoms with Gasteiger partial charge in [0.15, 0.2) is 0 Å². The molecule has 0 radical (unpaired) electrons. The van der Waals surface area contributed by atoms with Crippen LogP contribution in [0.15, 0.2) is 60.7 Å². The fourth-order valence-corrected chi connectivity index (χ4v) is 6.78. The number of methoxy groups -OCH3 is 1. The van der Waals surface area contributed by atoms with Crippen molar-refractivity contribution >= 4 is 5.91 Å². The van der Waals surface area contributed by atoms with Crippen LogP contribution in [0.3, 0.4) is 0 Å². The molecular weight excluding hydrogens is 460 g/mol. The van der Waals surface area contributed by atoms with Gasteiger partial charge in [0.05, 0.1) is 19.1 Å². The summed E-state index contributed by atoms with van der Waals surface area (Å²) in [6, 6.07) is 9.82. The zero-order valence-electron chi connectivity index (χ0n) is 22.5. The molecule has 1 amide bonds. The van der Waals surface area contributed by atoms with Crippen molar-refractivity contribution in [2.75, 3.05) is 39.8 Å². The lowest BCUT2D eigenvalue weighted by Crippen LogP contribution is -2.50. The summed E-state index contributed by atoms with van der Waals surface area (Å²) in [6.45, 7) is 9.09. The topological polar surface area (TPSA) is 48.0 Å². The minimum Gasteiger partial charge on any atom is -0.497 e. The number of amides is 1. The Kier molecular flexibility index (Phi) is 8.80. The van der Waals surface area contributed by atoms with E-state index in [2.05, 4.69) is 63.2 Å². The highest BCUT2D eigenvalue weighted by Gasteiger charge is 2.40. The monoisotopic (exact) mass is 504 g/mol. The van der Waals surface area contributed by atoms with E-state index in [1.54, 1.807) is 7.11 Å². The van der Waals surface area contributed by atoms with Gasteiger partial charge in [-0.05, 0) is 61.8 Å². The summed E-state index contributed by atoms with van der Waals surface area (Å²) in [7, 11) is 1.74. The van der Waals surface area contributed by atoms with Crippen LogP contribution in [0.2, 0.25) is 0 Å². The zero-order chi connectivity index (χ0) is 25.6. The molecule has 1 aliphatic carbocycles. The Morgan fingerprint density at radius 2 is 1.97 bits per heavy atom. The first-order chi connectivity index (χ1) is 18.2. The average molecular weight is 505 g/mol. The molecule has 0 spiro atoms. The van der Waals surface area contributed by atoms with Gasteiger partial charge in [-0.1, -0.05) is 49.3 Å². The van der Waals surface area contributed by atoms with Crippen molar-refractivity contribution in [1.82, 2.24) is 20.2 Å². The molecule has 0 saturated carbocycles. The summed E-state index contributed by atoms with van der Waals surface area (Å²) in [6.07, 6.45) is 18.0. The van der Waals surface area contributed by atoms with E-state index in [-0.39, 0.29) is 17.9 Å². The van der Waals surface area contributed by atoms with E-state index in [1.807, 2.05) is 12.1 Å². The smallest absolute Gasteiger partial charge is 0.241 e. The van der Waals surface area contributed by atoms with Crippen LogP contribution in [0, 0.1) is 5.92 Å². The number of hydrogen-bond donors (Lipinski definition) is 1. The fourth-order valence-electron chi connectivity index (χ4n) is 6.78. The predicted octanol–water partition coefficient (Wildman–Crippen LogP) is 4.87. The summed E-state index contributed by atoms with van der Waals surface area (Å²) in [4.78, 5) is 18.4. The van der Waals surface area contributed by atoms with E-state index >= 15 is 0 Å². The molecule has 3 aliphatic heterocycles. The Bertz CT molecular complexity index is 999. The van der Waals surface area contributed by atoms with Gasteiger partial charge in [0.25, 0.3) is 0 Å². The summed E-state index contributed by atoms with van der Waals surface area (Å²) in [5.74, 6) is 0.913. The van der Waals surface area contributed by atoms with Crippen LogP contribution in [0.1, 0.15) is 63.0 Å². The summed E-state index contributed by atoms with van der Waals surface area (Å²) >= 11 is 0. The Morgan fingerprint density at radius 1 is 1.14 bits per heavy atom. The molecule has 4 atom stereocenters. The summed E-state index contributed by atoms with van der Waals surface area (Å²) in [5, 5.41) is 2.10. The van der Waals surface area contributed by atoms with E-state index < -0.39 is 0 Å². The molecule has 4 unspecified atom stereocenters. The second kappa shape index (κ2) is 12.4. The van der Waals surface area contributed by atoms with Gasteiger partial charge >= 0.3 is 0 Å². The van der Waals surface area contributed by atoms with Crippen LogP contribution in [0.25, 0.3) is 0 Å². The maximum absolute atomic E-state index is 13.0. The molecule has 1 aromatic carbocycles. The number of carbonyl (C=O) groups excluding carboxylic acids is 1. The normalized spacial score (nSPS) is 28.1. The van der Waals surface area contributed by atoms with Crippen LogP contribution in [0.4, 0.5) is 0 Å². The van der Waals surface area contributed by atoms with Crippen molar-refractivity contribution in [3.05, 3.63) is 66.3 Å². The fraction of sp³-hybridized carbons (Fsp3) is 0.581. The van der Waals surface area contributed by atoms with Gasteiger partial charge in [-0.3, -0.25) is 20.0 Å². The molecule has 6 nitrogen and oxygen atoms in total. The molecule has 200 valence electrons. The van der Waals surface area contributed by atoms with E-state index in [0.717, 1.165) is 57.7 Å². The number of benzene rings is 1. The highest BCUT2D eigenvalue weighted by Crippen LogP contribution is 2.42. The largest absolute Gasteiger partial charge is 0.497 e. The van der Waals surface area contributed by atoms with E-state index in [0.29, 0.717) is 12.1 Å². The molecule has 1 N–H and O–H groups in total. The Labute approximate surface area is 223 Å². The van der Waals surface area contributed by atoms with Crippen molar-refractivity contribution in [3.63, 3.8) is 0 Å². The first-order valence-electron chi connectivity index (χ1n) is 14.3. The standard InChI is InChI=1S/C31H44N4O2/c1-3-18-33-21-17-27-10-8-11-28(23-33)35(27)30(26-9-7-12-29(22-26)37-2)24-13-15-25(16-14-24)31(36)32-34-19-5-4-6-20-34/h3,7,9,12-15,22,25,27-28,30H,1,4-6,8,10-11,16-21,23H2,2H3,(H,32,36). The van der Waals surface area contributed by atoms with Crippen LogP contribution >= 0.6 is 0 Å². The van der Waals surface area contributed by atoms with Crippen molar-refractivity contribution < 1.29 is 9.53 Å². The molecule has 3 heterocycles. The van der Waals surface area contributed by atoms with Gasteiger partial charge < -0.3 is 4.74 Å². The minimum absolute atomic E-state index is 0.108. The number of nitrogens with one attached hydrogen (secondary N) is 1. The number of rotatable bonds is 8. The van der Waals surface area contributed by atoms with Crippen LogP contribution in [-0.2, 0) is 4.79 Å². The molecular formula is C31H44N4O2. The van der Waals surface area contributed by atoms with Crippen molar-refractivity contribution in [2.24, 2.45) is 5.92 Å². The molecule has 1 aromatic rings. The number of fused-ring (bicyclic) bond motifs is 2. The number of carbonyl (C=O) groups is 1. The maximum atomic E-state index is 13.0. The first kappa shape index (κ1) is 26.2. The quantitative estimate of drug-likeness (QED) is 0.512.